The van der Waals surface area contributed by atoms with Gasteiger partial charge >= 0.3 is 5.63 Å². The van der Waals surface area contributed by atoms with Crippen molar-refractivity contribution in [1.82, 2.24) is 0 Å². The fourth-order valence-electron chi connectivity index (χ4n) is 1.76. The molecule has 1 aromatic heterocycles. The minimum absolute atomic E-state index is 0.288. The van der Waals surface area contributed by atoms with Crippen LogP contribution in [0.1, 0.15) is 18.1 Å². The molecule has 96 valence electrons. The Morgan fingerprint density at radius 2 is 2.17 bits per heavy atom. The molecule has 1 atom stereocenters. The van der Waals surface area contributed by atoms with Crippen molar-refractivity contribution in [2.45, 2.75) is 24.9 Å². The number of fused-ring (bicyclic) bond motifs is 1. The summed E-state index contributed by atoms with van der Waals surface area (Å²) in [6.45, 7) is 4.71. The van der Waals surface area contributed by atoms with Crippen LogP contribution >= 0.6 is 11.8 Å². The van der Waals surface area contributed by atoms with Crippen molar-refractivity contribution in [3.8, 4) is 0 Å². The standard InChI is InChI=1S/C14H17NO2S/c1-9-3-4-12-11(8-18-10(2)7-15)6-14(16)17-13(12)5-9/h3-6,10H,7-8,15H2,1-2H3. The highest BCUT2D eigenvalue weighted by molar-refractivity contribution is 7.99. The van der Waals surface area contributed by atoms with Crippen LogP contribution in [0.4, 0.5) is 0 Å². The predicted molar refractivity (Wildman–Crippen MR) is 77.0 cm³/mol. The van der Waals surface area contributed by atoms with Crippen LogP contribution in [0.25, 0.3) is 11.0 Å². The number of thioether (sulfide) groups is 1. The van der Waals surface area contributed by atoms with E-state index in [0.717, 1.165) is 22.3 Å². The lowest BCUT2D eigenvalue weighted by Crippen LogP contribution is -2.13. The Hall–Kier alpha value is -1.26. The van der Waals surface area contributed by atoms with E-state index in [1.54, 1.807) is 17.8 Å². The summed E-state index contributed by atoms with van der Waals surface area (Å²) in [5.41, 5.74) is 8.08. The average Bonchev–Trinajstić information content (AvgIpc) is 2.34. The molecule has 0 fully saturated rings. The van der Waals surface area contributed by atoms with Crippen molar-refractivity contribution in [1.29, 1.82) is 0 Å². The van der Waals surface area contributed by atoms with Crippen LogP contribution in [0.3, 0.4) is 0 Å². The Morgan fingerprint density at radius 1 is 1.39 bits per heavy atom. The minimum Gasteiger partial charge on any atom is -0.423 e. The number of benzene rings is 1. The van der Waals surface area contributed by atoms with Crippen LogP contribution in [0.5, 0.6) is 0 Å². The number of hydrogen-bond acceptors (Lipinski definition) is 4. The van der Waals surface area contributed by atoms with Gasteiger partial charge in [-0.15, -0.1) is 0 Å². The molecule has 1 heterocycles. The summed E-state index contributed by atoms with van der Waals surface area (Å²) in [6.07, 6.45) is 0. The Balaban J connectivity index is 2.40. The topological polar surface area (TPSA) is 56.2 Å². The summed E-state index contributed by atoms with van der Waals surface area (Å²) in [4.78, 5) is 11.5. The van der Waals surface area contributed by atoms with Crippen LogP contribution < -0.4 is 11.4 Å². The van der Waals surface area contributed by atoms with E-state index in [4.69, 9.17) is 10.2 Å². The Morgan fingerprint density at radius 3 is 2.89 bits per heavy atom. The summed E-state index contributed by atoms with van der Waals surface area (Å²) in [6, 6.07) is 7.52. The highest BCUT2D eigenvalue weighted by Gasteiger charge is 2.07. The van der Waals surface area contributed by atoms with E-state index < -0.39 is 0 Å². The van der Waals surface area contributed by atoms with E-state index in [2.05, 4.69) is 6.92 Å². The lowest BCUT2D eigenvalue weighted by atomic mass is 10.1. The third-order valence-corrected chi connectivity index (χ3v) is 4.08. The molecule has 2 rings (SSSR count). The quantitative estimate of drug-likeness (QED) is 0.862. The highest BCUT2D eigenvalue weighted by Crippen LogP contribution is 2.24. The van der Waals surface area contributed by atoms with E-state index in [1.807, 2.05) is 25.1 Å². The first-order valence-electron chi connectivity index (χ1n) is 5.95. The summed E-state index contributed by atoms with van der Waals surface area (Å²) < 4.78 is 5.23. The van der Waals surface area contributed by atoms with E-state index in [1.165, 1.54) is 0 Å². The zero-order valence-electron chi connectivity index (χ0n) is 10.6. The van der Waals surface area contributed by atoms with Crippen LogP contribution in [-0.2, 0) is 5.75 Å². The van der Waals surface area contributed by atoms with Crippen molar-refractivity contribution in [3.63, 3.8) is 0 Å². The Kier molecular flexibility index (Phi) is 4.09. The number of nitrogens with two attached hydrogens (primary N) is 1. The Bertz CT molecular complexity index is 606. The summed E-state index contributed by atoms with van der Waals surface area (Å²) in [7, 11) is 0. The van der Waals surface area contributed by atoms with Crippen LogP contribution in [-0.4, -0.2) is 11.8 Å². The molecule has 2 aromatic rings. The van der Waals surface area contributed by atoms with Gasteiger partial charge in [0.05, 0.1) is 0 Å². The third-order valence-electron chi connectivity index (χ3n) is 2.84. The molecule has 18 heavy (non-hydrogen) atoms. The smallest absolute Gasteiger partial charge is 0.336 e. The van der Waals surface area contributed by atoms with Gasteiger partial charge in [0.15, 0.2) is 0 Å². The fourth-order valence-corrected chi connectivity index (χ4v) is 2.60. The van der Waals surface area contributed by atoms with Crippen molar-refractivity contribution >= 4 is 22.7 Å². The molecular weight excluding hydrogens is 246 g/mol. The van der Waals surface area contributed by atoms with Crippen LogP contribution in [0.2, 0.25) is 0 Å². The predicted octanol–water partition coefficient (Wildman–Crippen LogP) is 2.68. The van der Waals surface area contributed by atoms with Gasteiger partial charge < -0.3 is 10.2 Å². The highest BCUT2D eigenvalue weighted by atomic mass is 32.2. The molecule has 2 N–H and O–H groups in total. The molecule has 3 nitrogen and oxygen atoms in total. The lowest BCUT2D eigenvalue weighted by molar-refractivity contribution is 0.559. The maximum Gasteiger partial charge on any atom is 0.336 e. The molecule has 4 heteroatoms. The molecule has 1 aromatic carbocycles. The second-order valence-electron chi connectivity index (χ2n) is 4.45. The summed E-state index contributed by atoms with van der Waals surface area (Å²) in [5.74, 6) is 0.781. The average molecular weight is 263 g/mol. The summed E-state index contributed by atoms with van der Waals surface area (Å²) in [5, 5.41) is 1.40. The van der Waals surface area contributed by atoms with Crippen LogP contribution in [0, 0.1) is 6.92 Å². The van der Waals surface area contributed by atoms with E-state index >= 15 is 0 Å². The van der Waals surface area contributed by atoms with Gasteiger partial charge in [-0.1, -0.05) is 19.1 Å². The van der Waals surface area contributed by atoms with Crippen LogP contribution in [0.15, 0.2) is 33.5 Å². The first-order valence-corrected chi connectivity index (χ1v) is 7.00. The van der Waals surface area contributed by atoms with Crippen molar-refractivity contribution in [3.05, 3.63) is 45.8 Å². The molecule has 0 aliphatic carbocycles. The van der Waals surface area contributed by atoms with Crippen molar-refractivity contribution in [2.75, 3.05) is 6.54 Å². The fraction of sp³-hybridized carbons (Fsp3) is 0.357. The first kappa shape index (κ1) is 13.2. The maximum absolute atomic E-state index is 11.5. The van der Waals surface area contributed by atoms with Gasteiger partial charge in [-0.05, 0) is 24.1 Å². The van der Waals surface area contributed by atoms with E-state index in [9.17, 15) is 4.79 Å². The van der Waals surface area contributed by atoms with Gasteiger partial charge in [-0.3, -0.25) is 0 Å². The van der Waals surface area contributed by atoms with Crippen molar-refractivity contribution in [2.24, 2.45) is 5.73 Å². The number of hydrogen-bond donors (Lipinski definition) is 1. The second kappa shape index (κ2) is 5.59. The van der Waals surface area contributed by atoms with Gasteiger partial charge in [-0.25, -0.2) is 4.79 Å². The third kappa shape index (κ3) is 2.94. The van der Waals surface area contributed by atoms with E-state index in [0.29, 0.717) is 17.4 Å². The van der Waals surface area contributed by atoms with Gasteiger partial charge in [0.2, 0.25) is 0 Å². The van der Waals surface area contributed by atoms with Gasteiger partial charge in [0.1, 0.15) is 5.58 Å². The van der Waals surface area contributed by atoms with E-state index in [-0.39, 0.29) is 5.63 Å². The molecule has 0 aliphatic heterocycles. The molecule has 0 saturated carbocycles. The second-order valence-corrected chi connectivity index (χ2v) is 5.87. The SMILES string of the molecule is Cc1ccc2c(CSC(C)CN)cc(=O)oc2c1. The largest absolute Gasteiger partial charge is 0.423 e. The molecular formula is C14H17NO2S. The number of rotatable bonds is 4. The zero-order valence-corrected chi connectivity index (χ0v) is 11.4. The zero-order chi connectivity index (χ0) is 13.1. The van der Waals surface area contributed by atoms with Crippen molar-refractivity contribution < 1.29 is 4.42 Å². The first-order chi connectivity index (χ1) is 8.60. The monoisotopic (exact) mass is 263 g/mol. The van der Waals surface area contributed by atoms with Gasteiger partial charge in [-0.2, -0.15) is 11.8 Å². The minimum atomic E-state index is -0.288. The normalized spacial score (nSPS) is 12.8. The van der Waals surface area contributed by atoms with Gasteiger partial charge in [0.25, 0.3) is 0 Å². The maximum atomic E-state index is 11.5. The molecule has 0 radical (unpaired) electrons. The summed E-state index contributed by atoms with van der Waals surface area (Å²) >= 11 is 1.75. The molecule has 1 unspecified atom stereocenters. The molecule has 0 bridgehead atoms. The molecule has 0 aliphatic rings. The number of aryl methyl sites for hydroxylation is 1. The molecule has 0 amide bonds. The lowest BCUT2D eigenvalue weighted by Gasteiger charge is -2.09. The van der Waals surface area contributed by atoms with Gasteiger partial charge in [0, 0.05) is 29.0 Å². The Labute approximate surface area is 110 Å². The molecule has 0 saturated heterocycles. The molecule has 0 spiro atoms.